The molecule has 1 spiro atoms. The van der Waals surface area contributed by atoms with E-state index in [9.17, 15) is 4.79 Å². The van der Waals surface area contributed by atoms with Crippen molar-refractivity contribution in [3.05, 3.63) is 0 Å². The minimum Gasteiger partial charge on any atom is -0.363 e. The number of nitrogens with one attached hydrogen (secondary N) is 1. The molecule has 90 valence electrons. The van der Waals surface area contributed by atoms with Crippen LogP contribution in [0.1, 0.15) is 25.7 Å². The Balaban J connectivity index is 1.65. The number of morpholine rings is 1. The highest BCUT2D eigenvalue weighted by atomic mass is 16.5. The van der Waals surface area contributed by atoms with Gasteiger partial charge in [-0.05, 0) is 44.7 Å². The van der Waals surface area contributed by atoms with Gasteiger partial charge in [0.05, 0.1) is 5.60 Å². The lowest BCUT2D eigenvalue weighted by molar-refractivity contribution is -0.168. The summed E-state index contributed by atoms with van der Waals surface area (Å²) in [4.78, 5) is 13.8. The predicted octanol–water partition coefficient (Wildman–Crippen LogP) is 0.377. The fourth-order valence-corrected chi connectivity index (χ4v) is 2.75. The van der Waals surface area contributed by atoms with E-state index in [0.717, 1.165) is 44.9 Å². The molecule has 3 fully saturated rings. The molecule has 4 heteroatoms. The number of ether oxygens (including phenoxy) is 1. The van der Waals surface area contributed by atoms with E-state index in [2.05, 4.69) is 5.32 Å². The van der Waals surface area contributed by atoms with Crippen LogP contribution in [0.5, 0.6) is 0 Å². The molecule has 0 bridgehead atoms. The van der Waals surface area contributed by atoms with Gasteiger partial charge in [0.25, 0.3) is 0 Å². The molecule has 0 aromatic carbocycles. The fraction of sp³-hybridized carbons (Fsp3) is 0.917. The average Bonchev–Trinajstić information content (AvgIpc) is 3.09. The lowest BCUT2D eigenvalue weighted by atomic mass is 9.90. The smallest absolute Gasteiger partial charge is 0.248 e. The molecule has 1 saturated carbocycles. The number of carbonyl (C=O) groups is 1. The van der Waals surface area contributed by atoms with E-state index in [1.165, 1.54) is 12.8 Å². The third kappa shape index (κ3) is 2.09. The summed E-state index contributed by atoms with van der Waals surface area (Å²) >= 11 is 0. The molecule has 0 radical (unpaired) electrons. The van der Waals surface area contributed by atoms with Gasteiger partial charge in [-0.15, -0.1) is 0 Å². The minimum absolute atomic E-state index is 0.0337. The van der Waals surface area contributed by atoms with Gasteiger partial charge in [0.1, 0.15) is 6.61 Å². The number of carbonyl (C=O) groups excluding carboxylic acids is 1. The molecule has 16 heavy (non-hydrogen) atoms. The first-order valence-corrected chi connectivity index (χ1v) is 6.40. The predicted molar refractivity (Wildman–Crippen MR) is 60.1 cm³/mol. The van der Waals surface area contributed by atoms with Gasteiger partial charge in [0, 0.05) is 13.1 Å². The standard InChI is InChI=1S/C12H20N2O2/c15-11-8-16-12(3-5-13-6-4-12)9-14(11)7-10-1-2-10/h10,13H,1-9H2. The Hall–Kier alpha value is -0.610. The third-order valence-electron chi connectivity index (χ3n) is 4.02. The molecule has 3 aliphatic rings. The highest BCUT2D eigenvalue weighted by Crippen LogP contribution is 2.33. The summed E-state index contributed by atoms with van der Waals surface area (Å²) in [5.41, 5.74) is -0.0337. The van der Waals surface area contributed by atoms with Crippen LogP contribution < -0.4 is 5.32 Å². The van der Waals surface area contributed by atoms with Crippen LogP contribution in [0, 0.1) is 5.92 Å². The monoisotopic (exact) mass is 224 g/mol. The van der Waals surface area contributed by atoms with Crippen molar-refractivity contribution in [1.29, 1.82) is 0 Å². The van der Waals surface area contributed by atoms with Crippen molar-refractivity contribution in [2.75, 3.05) is 32.8 Å². The SMILES string of the molecule is O=C1COC2(CCNCC2)CN1CC1CC1. The van der Waals surface area contributed by atoms with Crippen molar-refractivity contribution in [2.24, 2.45) is 5.92 Å². The second kappa shape index (κ2) is 4.00. The number of amides is 1. The number of hydrogen-bond acceptors (Lipinski definition) is 3. The molecular weight excluding hydrogens is 204 g/mol. The van der Waals surface area contributed by atoms with Crippen LogP contribution in [-0.2, 0) is 9.53 Å². The van der Waals surface area contributed by atoms with E-state index in [4.69, 9.17) is 4.74 Å². The largest absolute Gasteiger partial charge is 0.363 e. The summed E-state index contributed by atoms with van der Waals surface area (Å²) in [5.74, 6) is 0.969. The summed E-state index contributed by atoms with van der Waals surface area (Å²) in [6.45, 7) is 4.13. The molecule has 1 amide bonds. The van der Waals surface area contributed by atoms with E-state index in [-0.39, 0.29) is 11.5 Å². The van der Waals surface area contributed by atoms with E-state index in [1.807, 2.05) is 4.90 Å². The maximum absolute atomic E-state index is 11.8. The highest BCUT2D eigenvalue weighted by molar-refractivity contribution is 5.78. The van der Waals surface area contributed by atoms with Gasteiger partial charge in [-0.1, -0.05) is 0 Å². The second-order valence-corrected chi connectivity index (χ2v) is 5.44. The number of rotatable bonds is 2. The van der Waals surface area contributed by atoms with Gasteiger partial charge in [-0.3, -0.25) is 4.79 Å². The molecule has 3 rings (SSSR count). The van der Waals surface area contributed by atoms with Gasteiger partial charge < -0.3 is 15.0 Å². The van der Waals surface area contributed by atoms with Crippen molar-refractivity contribution in [2.45, 2.75) is 31.3 Å². The van der Waals surface area contributed by atoms with Crippen LogP contribution in [0.15, 0.2) is 0 Å². The molecular formula is C12H20N2O2. The number of nitrogens with zero attached hydrogens (tertiary/aromatic N) is 1. The first-order chi connectivity index (χ1) is 7.77. The molecule has 4 nitrogen and oxygen atoms in total. The number of hydrogen-bond donors (Lipinski definition) is 1. The van der Waals surface area contributed by atoms with Gasteiger partial charge in [0.2, 0.25) is 5.91 Å². The van der Waals surface area contributed by atoms with Crippen molar-refractivity contribution >= 4 is 5.91 Å². The molecule has 2 heterocycles. The zero-order chi connectivity index (χ0) is 11.0. The Morgan fingerprint density at radius 1 is 1.38 bits per heavy atom. The maximum Gasteiger partial charge on any atom is 0.248 e. The van der Waals surface area contributed by atoms with E-state index < -0.39 is 0 Å². The molecule has 2 saturated heterocycles. The Kier molecular flexibility index (Phi) is 2.64. The highest BCUT2D eigenvalue weighted by Gasteiger charge is 2.41. The molecule has 0 aromatic heterocycles. The summed E-state index contributed by atoms with van der Waals surface area (Å²) < 4.78 is 5.82. The molecule has 1 N–H and O–H groups in total. The fourth-order valence-electron chi connectivity index (χ4n) is 2.75. The lowest BCUT2D eigenvalue weighted by Gasteiger charge is -2.44. The van der Waals surface area contributed by atoms with Crippen LogP contribution in [0.2, 0.25) is 0 Å². The van der Waals surface area contributed by atoms with Crippen LogP contribution in [-0.4, -0.2) is 49.2 Å². The van der Waals surface area contributed by atoms with Crippen molar-refractivity contribution in [3.8, 4) is 0 Å². The topological polar surface area (TPSA) is 41.6 Å². The van der Waals surface area contributed by atoms with Gasteiger partial charge in [-0.2, -0.15) is 0 Å². The molecule has 0 unspecified atom stereocenters. The summed E-state index contributed by atoms with van der Waals surface area (Å²) in [5, 5.41) is 3.35. The van der Waals surface area contributed by atoms with Gasteiger partial charge in [0.15, 0.2) is 0 Å². The minimum atomic E-state index is -0.0337. The average molecular weight is 224 g/mol. The zero-order valence-electron chi connectivity index (χ0n) is 9.71. The maximum atomic E-state index is 11.8. The Morgan fingerprint density at radius 2 is 2.12 bits per heavy atom. The number of piperidine rings is 1. The molecule has 0 atom stereocenters. The Bertz CT molecular complexity index is 283. The Morgan fingerprint density at radius 3 is 2.81 bits per heavy atom. The summed E-state index contributed by atoms with van der Waals surface area (Å²) in [7, 11) is 0. The normalized spacial score (nSPS) is 29.8. The van der Waals surface area contributed by atoms with Crippen LogP contribution >= 0.6 is 0 Å². The first kappa shape index (κ1) is 10.5. The molecule has 2 aliphatic heterocycles. The Labute approximate surface area is 96.3 Å². The van der Waals surface area contributed by atoms with E-state index in [0.29, 0.717) is 6.61 Å². The first-order valence-electron chi connectivity index (χ1n) is 6.40. The van der Waals surface area contributed by atoms with Crippen molar-refractivity contribution < 1.29 is 9.53 Å². The quantitative estimate of drug-likeness (QED) is 0.737. The molecule has 1 aliphatic carbocycles. The van der Waals surface area contributed by atoms with Gasteiger partial charge >= 0.3 is 0 Å². The summed E-state index contributed by atoms with van der Waals surface area (Å²) in [6, 6.07) is 0. The van der Waals surface area contributed by atoms with Crippen LogP contribution in [0.4, 0.5) is 0 Å². The van der Waals surface area contributed by atoms with E-state index in [1.54, 1.807) is 0 Å². The summed E-state index contributed by atoms with van der Waals surface area (Å²) in [6.07, 6.45) is 4.70. The lowest BCUT2D eigenvalue weighted by Crippen LogP contribution is -2.58. The van der Waals surface area contributed by atoms with E-state index >= 15 is 0 Å². The van der Waals surface area contributed by atoms with Crippen LogP contribution in [0.25, 0.3) is 0 Å². The zero-order valence-corrected chi connectivity index (χ0v) is 9.71. The second-order valence-electron chi connectivity index (χ2n) is 5.44. The van der Waals surface area contributed by atoms with Crippen molar-refractivity contribution in [1.82, 2.24) is 10.2 Å². The van der Waals surface area contributed by atoms with Gasteiger partial charge in [-0.25, -0.2) is 0 Å². The molecule has 0 aromatic rings. The van der Waals surface area contributed by atoms with Crippen LogP contribution in [0.3, 0.4) is 0 Å². The third-order valence-corrected chi connectivity index (χ3v) is 4.02. The van der Waals surface area contributed by atoms with Crippen molar-refractivity contribution in [3.63, 3.8) is 0 Å².